The van der Waals surface area contributed by atoms with Crippen LogP contribution in [0.3, 0.4) is 0 Å². The van der Waals surface area contributed by atoms with Crippen LogP contribution in [0.5, 0.6) is 5.75 Å². The summed E-state index contributed by atoms with van der Waals surface area (Å²) < 4.78 is 0. The van der Waals surface area contributed by atoms with Crippen molar-refractivity contribution in [3.8, 4) is 18.1 Å². The maximum absolute atomic E-state index is 9.22. The Morgan fingerprint density at radius 3 is 2.58 bits per heavy atom. The summed E-state index contributed by atoms with van der Waals surface area (Å²) in [5.41, 5.74) is 1.26. The maximum atomic E-state index is 9.22. The van der Waals surface area contributed by atoms with Crippen molar-refractivity contribution in [3.05, 3.63) is 29.8 Å². The highest BCUT2D eigenvalue weighted by Crippen LogP contribution is 2.11. The number of likely N-dealkylation sites (tertiary alicyclic amines) is 1. The number of nitrogens with one attached hydrogen (secondary N) is 1. The van der Waals surface area contributed by atoms with Gasteiger partial charge in [0.1, 0.15) is 5.75 Å². The second kappa shape index (κ2) is 7.18. The summed E-state index contributed by atoms with van der Waals surface area (Å²) in [6.07, 6.45) is 8.68. The molecule has 1 aliphatic rings. The zero-order chi connectivity index (χ0) is 13.5. The van der Waals surface area contributed by atoms with Crippen molar-refractivity contribution in [3.63, 3.8) is 0 Å². The van der Waals surface area contributed by atoms with E-state index in [0.717, 1.165) is 32.6 Å². The van der Waals surface area contributed by atoms with Crippen molar-refractivity contribution in [2.24, 2.45) is 0 Å². The van der Waals surface area contributed by atoms with Crippen molar-refractivity contribution in [2.45, 2.75) is 25.3 Å². The van der Waals surface area contributed by atoms with E-state index in [1.165, 1.54) is 18.4 Å². The quantitative estimate of drug-likeness (QED) is 0.788. The van der Waals surface area contributed by atoms with Gasteiger partial charge in [-0.05, 0) is 43.5 Å². The van der Waals surface area contributed by atoms with E-state index in [1.54, 1.807) is 12.1 Å². The summed E-state index contributed by atoms with van der Waals surface area (Å²) in [4.78, 5) is 2.33. The average molecular weight is 258 g/mol. The fraction of sp³-hybridized carbons (Fsp3) is 0.500. The lowest BCUT2D eigenvalue weighted by Gasteiger charge is -2.31. The summed E-state index contributed by atoms with van der Waals surface area (Å²) in [5.74, 6) is 3.04. The van der Waals surface area contributed by atoms with E-state index in [1.807, 2.05) is 12.1 Å². The van der Waals surface area contributed by atoms with Crippen molar-refractivity contribution in [1.82, 2.24) is 10.2 Å². The molecule has 3 nitrogen and oxygen atoms in total. The molecule has 0 bridgehead atoms. The third-order valence-electron chi connectivity index (χ3n) is 3.69. The molecule has 1 heterocycles. The Morgan fingerprint density at radius 1 is 1.26 bits per heavy atom. The number of phenols is 1. The van der Waals surface area contributed by atoms with Gasteiger partial charge in [-0.1, -0.05) is 18.1 Å². The Balaban J connectivity index is 1.64. The number of phenolic OH excluding ortho intramolecular Hbond substituents is 1. The molecule has 0 saturated carbocycles. The first-order chi connectivity index (χ1) is 9.28. The summed E-state index contributed by atoms with van der Waals surface area (Å²) in [6.45, 7) is 3.97. The summed E-state index contributed by atoms with van der Waals surface area (Å²) in [5, 5.41) is 12.8. The molecule has 0 amide bonds. The Bertz CT molecular complexity index is 413. The normalized spacial score (nSPS) is 17.2. The molecule has 1 aromatic rings. The Hall–Kier alpha value is -1.50. The van der Waals surface area contributed by atoms with Gasteiger partial charge >= 0.3 is 0 Å². The highest BCUT2D eigenvalue weighted by Gasteiger charge is 2.17. The molecule has 19 heavy (non-hydrogen) atoms. The summed E-state index contributed by atoms with van der Waals surface area (Å²) in [6, 6.07) is 8.06. The van der Waals surface area contributed by atoms with Gasteiger partial charge in [-0.2, -0.15) is 0 Å². The number of aromatic hydroxyl groups is 1. The maximum Gasteiger partial charge on any atom is 0.115 e. The highest BCUT2D eigenvalue weighted by atomic mass is 16.3. The van der Waals surface area contributed by atoms with Gasteiger partial charge in [0.15, 0.2) is 0 Å². The molecule has 2 N–H and O–H groups in total. The second-order valence-electron chi connectivity index (χ2n) is 5.13. The van der Waals surface area contributed by atoms with Gasteiger partial charge in [-0.3, -0.25) is 4.90 Å². The minimum absolute atomic E-state index is 0.331. The van der Waals surface area contributed by atoms with Crippen LogP contribution in [0.2, 0.25) is 0 Å². The zero-order valence-corrected chi connectivity index (χ0v) is 11.3. The van der Waals surface area contributed by atoms with Crippen molar-refractivity contribution < 1.29 is 5.11 Å². The molecule has 0 radical (unpaired) electrons. The van der Waals surface area contributed by atoms with Gasteiger partial charge in [-0.15, -0.1) is 6.42 Å². The number of benzene rings is 1. The van der Waals surface area contributed by atoms with Gasteiger partial charge < -0.3 is 10.4 Å². The van der Waals surface area contributed by atoms with Crippen LogP contribution in [0, 0.1) is 12.3 Å². The van der Waals surface area contributed by atoms with E-state index in [9.17, 15) is 5.11 Å². The number of hydrogen-bond acceptors (Lipinski definition) is 3. The monoisotopic (exact) mass is 258 g/mol. The van der Waals surface area contributed by atoms with E-state index in [0.29, 0.717) is 11.8 Å². The van der Waals surface area contributed by atoms with E-state index < -0.39 is 0 Å². The average Bonchev–Trinajstić information content (AvgIpc) is 2.43. The van der Waals surface area contributed by atoms with Crippen LogP contribution in [-0.2, 0) is 6.42 Å². The first-order valence-corrected chi connectivity index (χ1v) is 6.95. The van der Waals surface area contributed by atoms with E-state index >= 15 is 0 Å². The van der Waals surface area contributed by atoms with Crippen LogP contribution >= 0.6 is 0 Å². The molecule has 1 saturated heterocycles. The summed E-state index contributed by atoms with van der Waals surface area (Å²) >= 11 is 0. The second-order valence-corrected chi connectivity index (χ2v) is 5.13. The molecule has 0 aromatic heterocycles. The van der Waals surface area contributed by atoms with Gasteiger partial charge in [0.05, 0.1) is 6.54 Å². The predicted molar refractivity (Wildman–Crippen MR) is 78.1 cm³/mol. The van der Waals surface area contributed by atoms with E-state index in [2.05, 4.69) is 16.1 Å². The first-order valence-electron chi connectivity index (χ1n) is 6.95. The molecule has 1 fully saturated rings. The number of terminal acetylenes is 1. The molecule has 1 aliphatic heterocycles. The van der Waals surface area contributed by atoms with Crippen LogP contribution in [-0.4, -0.2) is 42.2 Å². The highest BCUT2D eigenvalue weighted by molar-refractivity contribution is 5.25. The molecule has 2 rings (SSSR count). The lowest BCUT2D eigenvalue weighted by molar-refractivity contribution is 0.218. The third kappa shape index (κ3) is 4.59. The molecule has 0 atom stereocenters. The summed E-state index contributed by atoms with van der Waals surface area (Å²) in [7, 11) is 0. The number of rotatable bonds is 5. The Labute approximate surface area is 115 Å². The predicted octanol–water partition coefficient (Wildman–Crippen LogP) is 1.62. The fourth-order valence-electron chi connectivity index (χ4n) is 2.51. The lowest BCUT2D eigenvalue weighted by Crippen LogP contribution is -2.43. The van der Waals surface area contributed by atoms with Crippen molar-refractivity contribution in [1.29, 1.82) is 0 Å². The van der Waals surface area contributed by atoms with Crippen molar-refractivity contribution >= 4 is 0 Å². The fourth-order valence-corrected chi connectivity index (χ4v) is 2.51. The standard InChI is InChI=1S/C16H22N2O/c1-2-11-18-12-8-15(9-13-18)17-10-7-14-3-5-16(19)6-4-14/h1,3-6,15,17,19H,7-13H2. The molecule has 0 unspecified atom stereocenters. The minimum atomic E-state index is 0.331. The molecular formula is C16H22N2O. The zero-order valence-electron chi connectivity index (χ0n) is 11.3. The van der Waals surface area contributed by atoms with Crippen LogP contribution < -0.4 is 5.32 Å². The first kappa shape index (κ1) is 13.9. The largest absolute Gasteiger partial charge is 0.508 e. The molecule has 3 heteroatoms. The van der Waals surface area contributed by atoms with E-state index in [-0.39, 0.29) is 0 Å². The van der Waals surface area contributed by atoms with Crippen LogP contribution in [0.15, 0.2) is 24.3 Å². The SMILES string of the molecule is C#CCN1CCC(NCCc2ccc(O)cc2)CC1. The molecular weight excluding hydrogens is 236 g/mol. The van der Waals surface area contributed by atoms with Gasteiger partial charge in [-0.25, -0.2) is 0 Å². The number of nitrogens with zero attached hydrogens (tertiary/aromatic N) is 1. The minimum Gasteiger partial charge on any atom is -0.508 e. The van der Waals surface area contributed by atoms with E-state index in [4.69, 9.17) is 6.42 Å². The Kier molecular flexibility index (Phi) is 5.26. The van der Waals surface area contributed by atoms with Crippen LogP contribution in [0.4, 0.5) is 0 Å². The van der Waals surface area contributed by atoms with Crippen LogP contribution in [0.1, 0.15) is 18.4 Å². The lowest BCUT2D eigenvalue weighted by atomic mass is 10.0. The van der Waals surface area contributed by atoms with Gasteiger partial charge in [0.25, 0.3) is 0 Å². The number of piperidine rings is 1. The topological polar surface area (TPSA) is 35.5 Å². The molecule has 0 spiro atoms. The van der Waals surface area contributed by atoms with Gasteiger partial charge in [0.2, 0.25) is 0 Å². The van der Waals surface area contributed by atoms with Gasteiger partial charge in [0, 0.05) is 19.1 Å². The smallest absolute Gasteiger partial charge is 0.115 e. The van der Waals surface area contributed by atoms with Crippen LogP contribution in [0.25, 0.3) is 0 Å². The molecule has 0 aliphatic carbocycles. The number of hydrogen-bond donors (Lipinski definition) is 2. The van der Waals surface area contributed by atoms with Crippen molar-refractivity contribution in [2.75, 3.05) is 26.2 Å². The Morgan fingerprint density at radius 2 is 1.95 bits per heavy atom. The third-order valence-corrected chi connectivity index (χ3v) is 3.69. The molecule has 102 valence electrons. The molecule has 1 aromatic carbocycles.